The monoisotopic (exact) mass is 763 g/mol. The second-order valence-corrected chi connectivity index (χ2v) is 13.0. The summed E-state index contributed by atoms with van der Waals surface area (Å²) in [6.45, 7) is 7.24. The van der Waals surface area contributed by atoms with Crippen molar-refractivity contribution in [1.29, 1.82) is 0 Å². The SMILES string of the molecule is CC[C@H](C)[C@H](NC(=O)CNC(=O)CNC(=O)[C@@H](N)CCC(N)=O)C(=O)N[C@@H](CS)C(=O)N[C@@H](CC(C)C)C(=O)N[C@@H](CS)C(=O)N[C@@H](C)C(=O)O. The highest BCUT2D eigenvalue weighted by Gasteiger charge is 2.33. The predicted octanol–water partition coefficient (Wildman–Crippen LogP) is -3.71. The zero-order valence-electron chi connectivity index (χ0n) is 29.4. The summed E-state index contributed by atoms with van der Waals surface area (Å²) in [5.41, 5.74) is 10.7. The van der Waals surface area contributed by atoms with Crippen LogP contribution >= 0.6 is 25.3 Å². The molecule has 0 bridgehead atoms. The fourth-order valence-corrected chi connectivity index (χ4v) is 4.68. The van der Waals surface area contributed by atoms with Crippen molar-refractivity contribution >= 4 is 78.5 Å². The first-order valence-corrected chi connectivity index (χ1v) is 17.6. The third kappa shape index (κ3) is 18.6. The molecular weight excluding hydrogens is 711 g/mol. The molecule has 51 heavy (non-hydrogen) atoms. The van der Waals surface area contributed by atoms with E-state index in [9.17, 15) is 43.2 Å². The van der Waals surface area contributed by atoms with Gasteiger partial charge in [0, 0.05) is 17.9 Å². The van der Waals surface area contributed by atoms with Crippen molar-refractivity contribution in [3.05, 3.63) is 0 Å². The topological polar surface area (TPSA) is 310 Å². The van der Waals surface area contributed by atoms with Gasteiger partial charge in [0.15, 0.2) is 0 Å². The fourth-order valence-electron chi connectivity index (χ4n) is 4.17. The van der Waals surface area contributed by atoms with E-state index >= 15 is 0 Å². The molecule has 0 aromatic rings. The molecule has 0 spiro atoms. The second-order valence-electron chi connectivity index (χ2n) is 12.3. The van der Waals surface area contributed by atoms with E-state index in [0.29, 0.717) is 6.42 Å². The van der Waals surface area contributed by atoms with Gasteiger partial charge in [0.1, 0.15) is 30.2 Å². The van der Waals surface area contributed by atoms with Gasteiger partial charge >= 0.3 is 5.97 Å². The maximum atomic E-state index is 13.3. The van der Waals surface area contributed by atoms with Crippen molar-refractivity contribution in [2.75, 3.05) is 24.6 Å². The Kier molecular flexibility index (Phi) is 22.2. The molecule has 0 aliphatic carbocycles. The number of thiol groups is 2. The number of hydrogen-bond donors (Lipinski definition) is 12. The molecule has 8 amide bonds. The van der Waals surface area contributed by atoms with E-state index in [1.807, 2.05) is 0 Å². The van der Waals surface area contributed by atoms with Crippen molar-refractivity contribution in [3.8, 4) is 0 Å². The Bertz CT molecular complexity index is 1260. The van der Waals surface area contributed by atoms with Crippen LogP contribution in [0.2, 0.25) is 0 Å². The number of carboxylic acid groups (broad SMARTS) is 1. The van der Waals surface area contributed by atoms with Crippen LogP contribution in [0.1, 0.15) is 60.3 Å². The summed E-state index contributed by atoms with van der Waals surface area (Å²) < 4.78 is 0. The lowest BCUT2D eigenvalue weighted by Crippen LogP contribution is -2.60. The molecule has 0 saturated heterocycles. The first kappa shape index (κ1) is 46.9. The van der Waals surface area contributed by atoms with Crippen LogP contribution in [-0.2, 0) is 43.2 Å². The highest BCUT2D eigenvalue weighted by atomic mass is 32.1. The number of nitrogens with one attached hydrogen (secondary N) is 7. The average Bonchev–Trinajstić information content (AvgIpc) is 3.07. The predicted molar refractivity (Wildman–Crippen MR) is 192 cm³/mol. The van der Waals surface area contributed by atoms with Crippen LogP contribution in [0.15, 0.2) is 0 Å². The summed E-state index contributed by atoms with van der Waals surface area (Å²) in [6, 6.07) is -7.06. The number of carbonyl (C=O) groups is 9. The molecule has 7 atom stereocenters. The average molecular weight is 764 g/mol. The van der Waals surface area contributed by atoms with Crippen LogP contribution in [0.3, 0.4) is 0 Å². The van der Waals surface area contributed by atoms with Crippen LogP contribution in [0.5, 0.6) is 0 Å². The Morgan fingerprint density at radius 1 is 0.667 bits per heavy atom. The molecular formula is C30H53N9O10S2. The van der Waals surface area contributed by atoms with Gasteiger partial charge in [-0.25, -0.2) is 0 Å². The fraction of sp³-hybridized carbons (Fsp3) is 0.700. The zero-order chi connectivity index (χ0) is 39.4. The second kappa shape index (κ2) is 24.1. The van der Waals surface area contributed by atoms with Crippen molar-refractivity contribution in [2.45, 2.75) is 96.6 Å². The molecule has 12 N–H and O–H groups in total. The summed E-state index contributed by atoms with van der Waals surface area (Å²) in [6.07, 6.45) is 0.451. The van der Waals surface area contributed by atoms with E-state index in [1.54, 1.807) is 27.7 Å². The number of carbonyl (C=O) groups excluding carboxylic acids is 8. The summed E-state index contributed by atoms with van der Waals surface area (Å²) in [7, 11) is 0. The molecule has 0 aliphatic heterocycles. The van der Waals surface area contributed by atoms with Gasteiger partial charge in [-0.3, -0.25) is 43.2 Å². The third-order valence-electron chi connectivity index (χ3n) is 7.42. The molecule has 21 heteroatoms. The van der Waals surface area contributed by atoms with Gasteiger partial charge in [-0.2, -0.15) is 25.3 Å². The molecule has 0 unspecified atom stereocenters. The molecule has 0 rings (SSSR count). The first-order valence-electron chi connectivity index (χ1n) is 16.3. The first-order chi connectivity index (χ1) is 23.8. The van der Waals surface area contributed by atoms with Gasteiger partial charge in [-0.1, -0.05) is 34.1 Å². The minimum Gasteiger partial charge on any atom is -0.480 e. The van der Waals surface area contributed by atoms with Crippen LogP contribution in [-0.4, -0.2) is 119 Å². The van der Waals surface area contributed by atoms with Crippen LogP contribution in [0, 0.1) is 11.8 Å². The highest BCUT2D eigenvalue weighted by Crippen LogP contribution is 2.10. The summed E-state index contributed by atoms with van der Waals surface area (Å²) in [4.78, 5) is 111. The highest BCUT2D eigenvalue weighted by molar-refractivity contribution is 7.80. The largest absolute Gasteiger partial charge is 0.480 e. The lowest BCUT2D eigenvalue weighted by molar-refractivity contribution is -0.141. The standard InChI is InChI=1S/C30H53N9O10S2/c1-6-15(4)24(39-23(42)11-33-22(41)10-34-25(43)17(31)7-8-21(32)40)29(47)38-20(13-51)28(46)36-18(9-14(2)3)26(44)37-19(12-50)27(45)35-16(5)30(48)49/h14-20,24,50-51H,6-13,31H2,1-5H3,(H2,32,40)(H,33,41)(H,34,43)(H,35,45)(H,36,46)(H,37,44)(H,38,47)(H,39,42)(H,48,49)/t15-,16-,17-,18-,19-,20-,24-/m0/s1. The lowest BCUT2D eigenvalue weighted by Gasteiger charge is -2.28. The van der Waals surface area contributed by atoms with Gasteiger partial charge in [0.05, 0.1) is 19.1 Å². The van der Waals surface area contributed by atoms with Crippen molar-refractivity contribution < 1.29 is 48.3 Å². The van der Waals surface area contributed by atoms with Gasteiger partial charge in [0.2, 0.25) is 47.3 Å². The number of nitrogens with two attached hydrogens (primary N) is 2. The molecule has 0 heterocycles. The summed E-state index contributed by atoms with van der Waals surface area (Å²) >= 11 is 8.25. The number of hydrogen-bond acceptors (Lipinski definition) is 12. The van der Waals surface area contributed by atoms with E-state index in [1.165, 1.54) is 6.92 Å². The molecule has 290 valence electrons. The van der Waals surface area contributed by atoms with Crippen LogP contribution in [0.25, 0.3) is 0 Å². The number of carboxylic acids is 1. The molecule has 0 fully saturated rings. The normalized spacial score (nSPS) is 15.0. The maximum absolute atomic E-state index is 13.3. The van der Waals surface area contributed by atoms with Gasteiger partial charge in [0.25, 0.3) is 0 Å². The molecule has 0 aliphatic rings. The molecule has 0 saturated carbocycles. The van der Waals surface area contributed by atoms with Gasteiger partial charge < -0.3 is 53.8 Å². The molecule has 0 radical (unpaired) electrons. The van der Waals surface area contributed by atoms with E-state index in [2.05, 4.69) is 62.5 Å². The Morgan fingerprint density at radius 3 is 1.65 bits per heavy atom. The van der Waals surface area contributed by atoms with Crippen LogP contribution < -0.4 is 48.7 Å². The minimum atomic E-state index is -1.28. The number of aliphatic carboxylic acids is 1. The lowest BCUT2D eigenvalue weighted by atomic mass is 9.97. The Labute approximate surface area is 307 Å². The maximum Gasteiger partial charge on any atom is 0.325 e. The van der Waals surface area contributed by atoms with Crippen molar-refractivity contribution in [3.63, 3.8) is 0 Å². The number of amides is 8. The van der Waals surface area contributed by atoms with E-state index in [4.69, 9.17) is 16.6 Å². The van der Waals surface area contributed by atoms with Gasteiger partial charge in [-0.15, -0.1) is 0 Å². The Balaban J connectivity index is 5.45. The smallest absolute Gasteiger partial charge is 0.325 e. The van der Waals surface area contributed by atoms with Gasteiger partial charge in [-0.05, 0) is 31.6 Å². The van der Waals surface area contributed by atoms with E-state index in [-0.39, 0.29) is 36.7 Å². The molecule has 0 aromatic carbocycles. The third-order valence-corrected chi connectivity index (χ3v) is 8.15. The minimum absolute atomic E-state index is 0.0121. The molecule has 19 nitrogen and oxygen atoms in total. The van der Waals surface area contributed by atoms with E-state index in [0.717, 1.165) is 0 Å². The van der Waals surface area contributed by atoms with Crippen molar-refractivity contribution in [2.24, 2.45) is 23.3 Å². The van der Waals surface area contributed by atoms with Crippen LogP contribution in [0.4, 0.5) is 0 Å². The molecule has 0 aromatic heterocycles. The Morgan fingerprint density at radius 2 is 1.16 bits per heavy atom. The summed E-state index contributed by atoms with van der Waals surface area (Å²) in [5.74, 6) is -8.01. The zero-order valence-corrected chi connectivity index (χ0v) is 31.2. The number of primary amides is 1. The number of rotatable bonds is 24. The quantitative estimate of drug-likeness (QED) is 0.0425. The van der Waals surface area contributed by atoms with E-state index < -0.39 is 108 Å². The summed E-state index contributed by atoms with van der Waals surface area (Å²) in [5, 5.41) is 26.0. The Hall–Kier alpha value is -4.11. The van der Waals surface area contributed by atoms with Crippen molar-refractivity contribution in [1.82, 2.24) is 37.2 Å².